The van der Waals surface area contributed by atoms with E-state index in [1.807, 2.05) is 13.8 Å². The quantitative estimate of drug-likeness (QED) is 0.490. The fourth-order valence-corrected chi connectivity index (χ4v) is 5.36. The zero-order chi connectivity index (χ0) is 25.8. The summed E-state index contributed by atoms with van der Waals surface area (Å²) in [4.78, 5) is 16.0. The van der Waals surface area contributed by atoms with Gasteiger partial charge in [0.2, 0.25) is 0 Å². The van der Waals surface area contributed by atoms with E-state index in [9.17, 15) is 18.3 Å². The Morgan fingerprint density at radius 2 is 2.00 bits per heavy atom. The molecule has 0 aromatic carbocycles. The molecule has 1 N–H and O–H groups in total. The number of rotatable bonds is 11. The number of pyridine rings is 1. The van der Waals surface area contributed by atoms with Crippen molar-refractivity contribution in [3.63, 3.8) is 0 Å². The Hall–Kier alpha value is -2.57. The third-order valence-corrected chi connectivity index (χ3v) is 8.37. The molecule has 0 bridgehead atoms. The number of nitrogens with zero attached hydrogens (tertiary/aromatic N) is 6. The molecule has 1 fully saturated rings. The van der Waals surface area contributed by atoms with Crippen molar-refractivity contribution in [1.82, 2.24) is 28.6 Å². The van der Waals surface area contributed by atoms with Crippen LogP contribution in [0.4, 0.5) is 0 Å². The van der Waals surface area contributed by atoms with Crippen molar-refractivity contribution in [2.75, 3.05) is 20.6 Å². The van der Waals surface area contributed by atoms with Gasteiger partial charge in [-0.3, -0.25) is 9.48 Å². The van der Waals surface area contributed by atoms with E-state index in [1.54, 1.807) is 38.0 Å². The van der Waals surface area contributed by atoms with E-state index in [1.165, 1.54) is 8.61 Å². The second-order valence-corrected chi connectivity index (χ2v) is 11.3. The molecule has 2 aromatic heterocycles. The molecule has 194 valence electrons. The molecule has 0 amide bonds. The molecule has 2 heterocycles. The molecule has 2 aromatic rings. The molecule has 11 nitrogen and oxygen atoms in total. The molecule has 35 heavy (non-hydrogen) atoms. The molecular formula is C23H36N6O5S. The van der Waals surface area contributed by atoms with Crippen LogP contribution in [0, 0.1) is 12.8 Å². The Morgan fingerprint density at radius 3 is 2.66 bits per heavy atom. The van der Waals surface area contributed by atoms with Gasteiger partial charge in [0, 0.05) is 27.7 Å². The molecule has 0 saturated heterocycles. The van der Waals surface area contributed by atoms with E-state index < -0.39 is 16.2 Å². The molecule has 1 saturated carbocycles. The second-order valence-electron chi connectivity index (χ2n) is 9.17. The summed E-state index contributed by atoms with van der Waals surface area (Å²) in [6, 6.07) is 3.58. The van der Waals surface area contributed by atoms with Crippen molar-refractivity contribution in [3.8, 4) is 17.1 Å². The lowest BCUT2D eigenvalue weighted by Crippen LogP contribution is -2.40. The molecular weight excluding hydrogens is 472 g/mol. The van der Waals surface area contributed by atoms with Crippen molar-refractivity contribution < 1.29 is 23.1 Å². The van der Waals surface area contributed by atoms with Crippen LogP contribution in [0.15, 0.2) is 12.1 Å². The van der Waals surface area contributed by atoms with Gasteiger partial charge in [-0.25, -0.2) is 4.98 Å². The number of carboxylic acid groups (broad SMARTS) is 1. The lowest BCUT2D eigenvalue weighted by Gasteiger charge is -2.27. The van der Waals surface area contributed by atoms with Crippen LogP contribution < -0.4 is 4.74 Å². The first-order valence-electron chi connectivity index (χ1n) is 12.0. The maximum absolute atomic E-state index is 12.9. The molecule has 1 aliphatic carbocycles. The summed E-state index contributed by atoms with van der Waals surface area (Å²) in [5, 5.41) is 17.7. The van der Waals surface area contributed by atoms with Crippen LogP contribution in [0.2, 0.25) is 0 Å². The van der Waals surface area contributed by atoms with Crippen LogP contribution in [-0.2, 0) is 28.6 Å². The number of unbranched alkanes of at least 4 members (excludes halogenated alkanes) is 1. The number of ether oxygens (including phenoxy) is 1. The average molecular weight is 509 g/mol. The number of aliphatic carboxylic acids is 1. The van der Waals surface area contributed by atoms with Gasteiger partial charge >= 0.3 is 5.97 Å². The van der Waals surface area contributed by atoms with Crippen molar-refractivity contribution >= 4 is 16.2 Å². The van der Waals surface area contributed by atoms with Crippen LogP contribution in [0.25, 0.3) is 11.4 Å². The smallest absolute Gasteiger partial charge is 0.306 e. The highest BCUT2D eigenvalue weighted by atomic mass is 32.2. The predicted octanol–water partition coefficient (Wildman–Crippen LogP) is 2.62. The van der Waals surface area contributed by atoms with Gasteiger partial charge < -0.3 is 9.84 Å². The van der Waals surface area contributed by atoms with E-state index in [2.05, 4.69) is 15.3 Å². The minimum Gasteiger partial charge on any atom is -0.489 e. The van der Waals surface area contributed by atoms with Gasteiger partial charge in [0.25, 0.3) is 10.2 Å². The fourth-order valence-electron chi connectivity index (χ4n) is 4.24. The van der Waals surface area contributed by atoms with Gasteiger partial charge in [0.05, 0.1) is 35.6 Å². The van der Waals surface area contributed by atoms with Gasteiger partial charge in [0.1, 0.15) is 11.4 Å². The third-order valence-electron chi connectivity index (χ3n) is 6.48. The molecule has 0 spiro atoms. The molecule has 0 unspecified atom stereocenters. The molecule has 3 rings (SSSR count). The summed E-state index contributed by atoms with van der Waals surface area (Å²) in [5.74, 6) is -0.549. The van der Waals surface area contributed by atoms with Crippen molar-refractivity contribution in [2.45, 2.75) is 65.0 Å². The van der Waals surface area contributed by atoms with E-state index in [4.69, 9.17) is 4.74 Å². The SMILES string of the molecule is CCCCN(C)S(=O)(=O)N(C)Cc1c(-c2ccc(O[C@H]3CCC[C@H](C(=O)O)C3)c(C)n2)nnn1C. The summed E-state index contributed by atoms with van der Waals surface area (Å²) < 4.78 is 36.1. The minimum atomic E-state index is -3.63. The number of hydrogen-bond acceptors (Lipinski definition) is 7. The van der Waals surface area contributed by atoms with E-state index in [0.29, 0.717) is 47.9 Å². The van der Waals surface area contributed by atoms with Gasteiger partial charge in [-0.05, 0) is 51.2 Å². The highest BCUT2D eigenvalue weighted by molar-refractivity contribution is 7.86. The summed E-state index contributed by atoms with van der Waals surface area (Å²) in [6.45, 7) is 4.39. The Labute approximate surface area is 207 Å². The zero-order valence-electron chi connectivity index (χ0n) is 21.1. The Bertz CT molecular complexity index is 1140. The number of aromatic nitrogens is 4. The van der Waals surface area contributed by atoms with Crippen molar-refractivity contribution in [1.29, 1.82) is 0 Å². The van der Waals surface area contributed by atoms with Crippen LogP contribution in [0.3, 0.4) is 0 Å². The van der Waals surface area contributed by atoms with Gasteiger partial charge in [-0.15, -0.1) is 5.10 Å². The van der Waals surface area contributed by atoms with Crippen LogP contribution >= 0.6 is 0 Å². The third kappa shape index (κ3) is 6.36. The molecule has 1 aliphatic rings. The normalized spacial score (nSPS) is 18.8. The molecule has 12 heteroatoms. The number of hydrogen-bond donors (Lipinski definition) is 1. The molecule has 2 atom stereocenters. The minimum absolute atomic E-state index is 0.0925. The first-order chi connectivity index (χ1) is 16.5. The second kappa shape index (κ2) is 11.4. The summed E-state index contributed by atoms with van der Waals surface area (Å²) in [5.41, 5.74) is 2.34. The topological polar surface area (TPSA) is 131 Å². The maximum atomic E-state index is 12.9. The summed E-state index contributed by atoms with van der Waals surface area (Å²) >= 11 is 0. The van der Waals surface area contributed by atoms with Crippen LogP contribution in [0.5, 0.6) is 5.75 Å². The number of aryl methyl sites for hydroxylation is 2. The van der Waals surface area contributed by atoms with E-state index in [0.717, 1.165) is 25.7 Å². The zero-order valence-corrected chi connectivity index (χ0v) is 22.0. The first kappa shape index (κ1) is 27.0. The highest BCUT2D eigenvalue weighted by Gasteiger charge is 2.29. The molecule has 0 radical (unpaired) electrons. The van der Waals surface area contributed by atoms with Gasteiger partial charge in [-0.1, -0.05) is 18.6 Å². The van der Waals surface area contributed by atoms with Gasteiger partial charge in [0.15, 0.2) is 0 Å². The fraction of sp³-hybridized carbons (Fsp3) is 0.652. The number of carbonyl (C=O) groups is 1. The maximum Gasteiger partial charge on any atom is 0.306 e. The number of carboxylic acids is 1. The van der Waals surface area contributed by atoms with Crippen LogP contribution in [-0.4, -0.2) is 74.8 Å². The summed E-state index contributed by atoms with van der Waals surface area (Å²) in [6.07, 6.45) is 4.33. The lowest BCUT2D eigenvalue weighted by atomic mass is 9.87. The van der Waals surface area contributed by atoms with E-state index in [-0.39, 0.29) is 18.6 Å². The average Bonchev–Trinajstić information content (AvgIpc) is 3.18. The highest BCUT2D eigenvalue weighted by Crippen LogP contribution is 2.30. The summed E-state index contributed by atoms with van der Waals surface area (Å²) in [7, 11) is 1.21. The van der Waals surface area contributed by atoms with E-state index >= 15 is 0 Å². The standard InChI is InChI=1S/C23H36N6O5S/c1-6-7-13-27(3)35(32,33)28(4)15-20-22(25-26-29(20)5)19-11-12-21(16(2)24-19)34-18-10-8-9-17(14-18)23(30)31/h11-12,17-18H,6-10,13-15H2,1-5H3,(H,30,31)/t17-,18-/m0/s1. The largest absolute Gasteiger partial charge is 0.489 e. The van der Waals surface area contributed by atoms with Crippen LogP contribution in [0.1, 0.15) is 56.8 Å². The van der Waals surface area contributed by atoms with Gasteiger partial charge in [-0.2, -0.15) is 17.0 Å². The Morgan fingerprint density at radius 1 is 1.26 bits per heavy atom. The molecule has 0 aliphatic heterocycles. The monoisotopic (exact) mass is 508 g/mol. The van der Waals surface area contributed by atoms with Crippen molar-refractivity contribution in [2.24, 2.45) is 13.0 Å². The Balaban J connectivity index is 1.77. The predicted molar refractivity (Wildman–Crippen MR) is 131 cm³/mol. The Kier molecular flexibility index (Phi) is 8.84. The van der Waals surface area contributed by atoms with Crippen molar-refractivity contribution in [3.05, 3.63) is 23.5 Å². The lowest BCUT2D eigenvalue weighted by molar-refractivity contribution is -0.143. The first-order valence-corrected chi connectivity index (χ1v) is 13.4.